The lowest BCUT2D eigenvalue weighted by atomic mass is 10.0. The summed E-state index contributed by atoms with van der Waals surface area (Å²) < 4.78 is 5.52. The van der Waals surface area contributed by atoms with Gasteiger partial charge in [-0.25, -0.2) is 0 Å². The zero-order valence-electron chi connectivity index (χ0n) is 17.8. The van der Waals surface area contributed by atoms with Crippen LogP contribution in [0.3, 0.4) is 0 Å². The second-order valence-electron chi connectivity index (χ2n) is 7.38. The Bertz CT molecular complexity index is 1110. The first-order valence-corrected chi connectivity index (χ1v) is 9.94. The third kappa shape index (κ3) is 5.82. The van der Waals surface area contributed by atoms with Gasteiger partial charge in [0.1, 0.15) is 11.5 Å². The van der Waals surface area contributed by atoms with Crippen LogP contribution in [0.25, 0.3) is 6.08 Å². The van der Waals surface area contributed by atoms with Gasteiger partial charge in [-0.1, -0.05) is 24.3 Å². The van der Waals surface area contributed by atoms with Gasteiger partial charge in [0.05, 0.1) is 0 Å². The highest BCUT2D eigenvalue weighted by Crippen LogP contribution is 2.23. The first kappa shape index (κ1) is 21.8. The number of aryl methyl sites for hydroxylation is 3. The van der Waals surface area contributed by atoms with Crippen molar-refractivity contribution in [3.05, 3.63) is 94.6 Å². The van der Waals surface area contributed by atoms with E-state index in [2.05, 4.69) is 5.32 Å². The van der Waals surface area contributed by atoms with Crippen LogP contribution in [0.1, 0.15) is 32.6 Å². The van der Waals surface area contributed by atoms with E-state index in [4.69, 9.17) is 4.74 Å². The first-order chi connectivity index (χ1) is 14.8. The standard InChI is InChI=1S/C26H25NO4/c1-17-6-4-5-7-23(17)27-25(29)16-31-22-11-9-21(10-12-22)24(28)13-8-20-14-18(2)26(30)19(3)15-20/h4-15,30H,16H2,1-3H3,(H,27,29)/b13-8+. The maximum absolute atomic E-state index is 12.4. The fourth-order valence-corrected chi connectivity index (χ4v) is 3.12. The topological polar surface area (TPSA) is 75.6 Å². The number of nitrogens with one attached hydrogen (secondary N) is 1. The van der Waals surface area contributed by atoms with Crippen molar-refractivity contribution in [2.45, 2.75) is 20.8 Å². The molecule has 0 unspecified atom stereocenters. The summed E-state index contributed by atoms with van der Waals surface area (Å²) in [5.41, 5.74) is 4.62. The summed E-state index contributed by atoms with van der Waals surface area (Å²) in [6.07, 6.45) is 3.22. The molecule has 5 nitrogen and oxygen atoms in total. The van der Waals surface area contributed by atoms with Crippen molar-refractivity contribution in [1.82, 2.24) is 0 Å². The number of aromatic hydroxyl groups is 1. The lowest BCUT2D eigenvalue weighted by Gasteiger charge is -2.09. The summed E-state index contributed by atoms with van der Waals surface area (Å²) in [7, 11) is 0. The Morgan fingerprint density at radius 3 is 2.23 bits per heavy atom. The van der Waals surface area contributed by atoms with E-state index in [0.29, 0.717) is 11.3 Å². The first-order valence-electron chi connectivity index (χ1n) is 9.94. The van der Waals surface area contributed by atoms with Crippen LogP contribution in [0.5, 0.6) is 11.5 Å². The van der Waals surface area contributed by atoms with Crippen LogP contribution >= 0.6 is 0 Å². The van der Waals surface area contributed by atoms with Gasteiger partial charge >= 0.3 is 0 Å². The third-order valence-electron chi connectivity index (χ3n) is 4.87. The molecule has 0 spiro atoms. The van der Waals surface area contributed by atoms with Gasteiger partial charge in [-0.2, -0.15) is 0 Å². The van der Waals surface area contributed by atoms with Crippen LogP contribution in [-0.2, 0) is 4.79 Å². The molecular weight excluding hydrogens is 390 g/mol. The monoisotopic (exact) mass is 415 g/mol. The number of phenolic OH excluding ortho intramolecular Hbond substituents is 1. The van der Waals surface area contributed by atoms with Crippen molar-refractivity contribution in [2.24, 2.45) is 0 Å². The molecule has 2 N–H and O–H groups in total. The van der Waals surface area contributed by atoms with Crippen LogP contribution in [0, 0.1) is 20.8 Å². The van der Waals surface area contributed by atoms with Crippen LogP contribution in [0.4, 0.5) is 5.69 Å². The molecule has 0 aliphatic carbocycles. The Labute approximate surface area is 182 Å². The predicted octanol–water partition coefficient (Wildman–Crippen LogP) is 5.23. The number of ketones is 1. The Balaban J connectivity index is 1.56. The predicted molar refractivity (Wildman–Crippen MR) is 123 cm³/mol. The zero-order valence-corrected chi connectivity index (χ0v) is 17.8. The van der Waals surface area contributed by atoms with Crippen LogP contribution in [0.2, 0.25) is 0 Å². The maximum Gasteiger partial charge on any atom is 0.262 e. The van der Waals surface area contributed by atoms with E-state index in [1.165, 1.54) is 6.08 Å². The molecule has 0 heterocycles. The third-order valence-corrected chi connectivity index (χ3v) is 4.87. The van der Waals surface area contributed by atoms with Gasteiger partial charge < -0.3 is 15.2 Å². The number of phenols is 1. The molecule has 3 aromatic rings. The van der Waals surface area contributed by atoms with Gasteiger partial charge in [0.25, 0.3) is 5.91 Å². The summed E-state index contributed by atoms with van der Waals surface area (Å²) in [6.45, 7) is 5.44. The lowest BCUT2D eigenvalue weighted by Crippen LogP contribution is -2.20. The van der Waals surface area contributed by atoms with Crippen molar-refractivity contribution in [1.29, 1.82) is 0 Å². The van der Waals surface area contributed by atoms with Crippen molar-refractivity contribution in [2.75, 3.05) is 11.9 Å². The number of carbonyl (C=O) groups is 2. The number of benzene rings is 3. The normalized spacial score (nSPS) is 10.8. The van der Waals surface area contributed by atoms with E-state index < -0.39 is 0 Å². The largest absolute Gasteiger partial charge is 0.507 e. The Hall–Kier alpha value is -3.86. The number of carbonyl (C=O) groups excluding carboxylic acids is 2. The Kier molecular flexibility index (Phi) is 6.88. The molecule has 0 saturated heterocycles. The summed E-state index contributed by atoms with van der Waals surface area (Å²) in [4.78, 5) is 24.5. The molecular formula is C26H25NO4. The summed E-state index contributed by atoms with van der Waals surface area (Å²) >= 11 is 0. The molecule has 0 atom stereocenters. The number of amides is 1. The molecule has 31 heavy (non-hydrogen) atoms. The molecule has 0 fully saturated rings. The van der Waals surface area contributed by atoms with Gasteiger partial charge in [0.2, 0.25) is 0 Å². The highest BCUT2D eigenvalue weighted by atomic mass is 16.5. The van der Waals surface area contributed by atoms with Crippen LogP contribution in [-0.4, -0.2) is 23.4 Å². The maximum atomic E-state index is 12.4. The van der Waals surface area contributed by atoms with Crippen molar-refractivity contribution in [3.8, 4) is 11.5 Å². The molecule has 158 valence electrons. The quantitative estimate of drug-likeness (QED) is 0.409. The highest BCUT2D eigenvalue weighted by molar-refractivity contribution is 6.06. The molecule has 1 amide bonds. The van der Waals surface area contributed by atoms with E-state index in [-0.39, 0.29) is 24.0 Å². The number of hydrogen-bond donors (Lipinski definition) is 2. The zero-order chi connectivity index (χ0) is 22.4. The Morgan fingerprint density at radius 2 is 1.58 bits per heavy atom. The van der Waals surface area contributed by atoms with E-state index in [1.54, 1.807) is 30.3 Å². The molecule has 3 rings (SSSR count). The second kappa shape index (κ2) is 9.76. The van der Waals surface area contributed by atoms with Gasteiger partial charge in [-0.3, -0.25) is 9.59 Å². The van der Waals surface area contributed by atoms with Crippen molar-refractivity contribution in [3.63, 3.8) is 0 Å². The fraction of sp³-hybridized carbons (Fsp3) is 0.154. The van der Waals surface area contributed by atoms with Crippen molar-refractivity contribution < 1.29 is 19.4 Å². The van der Waals surface area contributed by atoms with Crippen LogP contribution < -0.4 is 10.1 Å². The highest BCUT2D eigenvalue weighted by Gasteiger charge is 2.07. The number of rotatable bonds is 7. The number of para-hydroxylation sites is 1. The SMILES string of the molecule is Cc1ccccc1NC(=O)COc1ccc(C(=O)/C=C/c2cc(C)c(O)c(C)c2)cc1. The summed E-state index contributed by atoms with van der Waals surface area (Å²) in [6, 6.07) is 17.8. The number of hydrogen-bond acceptors (Lipinski definition) is 4. The minimum atomic E-state index is -0.253. The molecule has 0 aliphatic rings. The second-order valence-corrected chi connectivity index (χ2v) is 7.38. The molecule has 0 radical (unpaired) electrons. The van der Waals surface area contributed by atoms with Gasteiger partial charge in [0, 0.05) is 11.3 Å². The van der Waals surface area contributed by atoms with E-state index in [0.717, 1.165) is 27.9 Å². The van der Waals surface area contributed by atoms with E-state index in [9.17, 15) is 14.7 Å². The smallest absolute Gasteiger partial charge is 0.262 e. The lowest BCUT2D eigenvalue weighted by molar-refractivity contribution is -0.118. The summed E-state index contributed by atoms with van der Waals surface area (Å²) in [5.74, 6) is 0.376. The molecule has 3 aromatic carbocycles. The van der Waals surface area contributed by atoms with Gasteiger partial charge in [-0.15, -0.1) is 0 Å². The molecule has 0 aliphatic heterocycles. The average Bonchev–Trinajstić information content (AvgIpc) is 2.76. The van der Waals surface area contributed by atoms with E-state index in [1.807, 2.05) is 57.2 Å². The average molecular weight is 415 g/mol. The van der Waals surface area contributed by atoms with Crippen molar-refractivity contribution >= 4 is 23.5 Å². The minimum Gasteiger partial charge on any atom is -0.507 e. The van der Waals surface area contributed by atoms with Crippen LogP contribution in [0.15, 0.2) is 66.7 Å². The number of anilines is 1. The molecule has 5 heteroatoms. The molecule has 0 saturated carbocycles. The number of ether oxygens (including phenoxy) is 1. The fourth-order valence-electron chi connectivity index (χ4n) is 3.12. The summed E-state index contributed by atoms with van der Waals surface area (Å²) in [5, 5.41) is 12.7. The van der Waals surface area contributed by atoms with Gasteiger partial charge in [0.15, 0.2) is 12.4 Å². The molecule has 0 bridgehead atoms. The Morgan fingerprint density at radius 1 is 0.935 bits per heavy atom. The molecule has 0 aromatic heterocycles. The number of allylic oxidation sites excluding steroid dienone is 1. The van der Waals surface area contributed by atoms with E-state index >= 15 is 0 Å². The van der Waals surface area contributed by atoms with Gasteiger partial charge in [-0.05, 0) is 91.6 Å². The minimum absolute atomic E-state index is 0.124.